The van der Waals surface area contributed by atoms with Gasteiger partial charge in [-0.2, -0.15) is 4.98 Å². The number of carbonyl (C=O) groups is 1. The third-order valence-electron chi connectivity index (χ3n) is 4.32. The van der Waals surface area contributed by atoms with Crippen LogP contribution in [0.5, 0.6) is 0 Å². The molecule has 3 heterocycles. The van der Waals surface area contributed by atoms with Crippen molar-refractivity contribution < 1.29 is 9.32 Å². The molecule has 1 saturated heterocycles. The Morgan fingerprint density at radius 2 is 2.33 bits per heavy atom. The molecule has 130 valence electrons. The minimum atomic E-state index is 0.164. The predicted octanol–water partition coefficient (Wildman–Crippen LogP) is 3.30. The molecule has 0 bridgehead atoms. The summed E-state index contributed by atoms with van der Waals surface area (Å²) in [6.45, 7) is 7.72. The van der Waals surface area contributed by atoms with Gasteiger partial charge in [0, 0.05) is 48.8 Å². The van der Waals surface area contributed by atoms with Gasteiger partial charge in [-0.25, -0.2) is 4.98 Å². The largest absolute Gasteiger partial charge is 0.342 e. The lowest BCUT2D eigenvalue weighted by Crippen LogP contribution is -2.39. The highest BCUT2D eigenvalue weighted by atomic mass is 32.1. The lowest BCUT2D eigenvalue weighted by Gasteiger charge is -2.31. The first-order chi connectivity index (χ1) is 11.5. The van der Waals surface area contributed by atoms with Gasteiger partial charge in [-0.05, 0) is 19.8 Å². The van der Waals surface area contributed by atoms with Crippen LogP contribution in [0, 0.1) is 6.92 Å². The smallest absolute Gasteiger partial charge is 0.227 e. The van der Waals surface area contributed by atoms with Gasteiger partial charge in [0.25, 0.3) is 0 Å². The fourth-order valence-corrected chi connectivity index (χ4v) is 3.84. The molecule has 2 aromatic heterocycles. The number of carbonyl (C=O) groups excluding carboxylic acids is 1. The standard InChI is InChI=1S/C17H24N4O2S/c1-11(2)16-19-14(23-20-16)6-7-15(22)21-8-4-5-13(10-21)17-18-9-12(3)24-17/h9,11,13H,4-8,10H2,1-3H3/t13-/m1/s1. The van der Waals surface area contributed by atoms with Crippen LogP contribution in [0.3, 0.4) is 0 Å². The van der Waals surface area contributed by atoms with Crippen molar-refractivity contribution in [3.8, 4) is 0 Å². The van der Waals surface area contributed by atoms with E-state index in [-0.39, 0.29) is 11.8 Å². The highest BCUT2D eigenvalue weighted by Crippen LogP contribution is 2.30. The lowest BCUT2D eigenvalue weighted by molar-refractivity contribution is -0.132. The molecule has 0 saturated carbocycles. The molecule has 7 heteroatoms. The van der Waals surface area contributed by atoms with E-state index in [0.717, 1.165) is 30.9 Å². The van der Waals surface area contributed by atoms with Crippen LogP contribution in [-0.4, -0.2) is 39.0 Å². The Bertz CT molecular complexity index is 694. The van der Waals surface area contributed by atoms with E-state index in [9.17, 15) is 4.79 Å². The quantitative estimate of drug-likeness (QED) is 0.829. The summed E-state index contributed by atoms with van der Waals surface area (Å²) in [5, 5.41) is 5.10. The van der Waals surface area contributed by atoms with E-state index in [1.54, 1.807) is 11.3 Å². The van der Waals surface area contributed by atoms with Crippen molar-refractivity contribution in [1.82, 2.24) is 20.0 Å². The predicted molar refractivity (Wildman–Crippen MR) is 92.1 cm³/mol. The lowest BCUT2D eigenvalue weighted by atomic mass is 9.98. The number of nitrogens with zero attached hydrogens (tertiary/aromatic N) is 4. The van der Waals surface area contributed by atoms with Gasteiger partial charge < -0.3 is 9.42 Å². The van der Waals surface area contributed by atoms with Crippen LogP contribution in [0.4, 0.5) is 0 Å². The molecule has 1 atom stereocenters. The van der Waals surface area contributed by atoms with Crippen molar-refractivity contribution in [2.24, 2.45) is 0 Å². The van der Waals surface area contributed by atoms with E-state index in [2.05, 4.69) is 22.0 Å². The Hall–Kier alpha value is -1.76. The molecule has 0 aromatic carbocycles. The van der Waals surface area contributed by atoms with Gasteiger partial charge in [0.1, 0.15) is 0 Å². The summed E-state index contributed by atoms with van der Waals surface area (Å²) in [5.41, 5.74) is 0. The van der Waals surface area contributed by atoms with Crippen molar-refractivity contribution >= 4 is 17.2 Å². The summed E-state index contributed by atoms with van der Waals surface area (Å²) < 4.78 is 5.22. The van der Waals surface area contributed by atoms with Gasteiger partial charge in [0.05, 0.1) is 5.01 Å². The zero-order valence-electron chi connectivity index (χ0n) is 14.5. The SMILES string of the molecule is Cc1cnc([C@@H]2CCCN(C(=O)CCc3nc(C(C)C)no3)C2)s1. The number of likely N-dealkylation sites (tertiary alicyclic amines) is 1. The van der Waals surface area contributed by atoms with Gasteiger partial charge in [-0.3, -0.25) is 4.79 Å². The Labute approximate surface area is 146 Å². The molecular formula is C17H24N4O2S. The van der Waals surface area contributed by atoms with E-state index in [1.807, 2.05) is 24.9 Å². The molecule has 1 fully saturated rings. The number of rotatable bonds is 5. The van der Waals surface area contributed by atoms with Crippen molar-refractivity contribution in [2.75, 3.05) is 13.1 Å². The second-order valence-corrected chi connectivity index (χ2v) is 7.96. The van der Waals surface area contributed by atoms with E-state index >= 15 is 0 Å². The number of hydrogen-bond acceptors (Lipinski definition) is 6. The first-order valence-corrected chi connectivity index (χ1v) is 9.37. The summed E-state index contributed by atoms with van der Waals surface area (Å²) >= 11 is 1.74. The van der Waals surface area contributed by atoms with Gasteiger partial charge in [0.2, 0.25) is 11.8 Å². The molecule has 1 amide bonds. The second kappa shape index (κ2) is 7.42. The van der Waals surface area contributed by atoms with Gasteiger partial charge in [-0.1, -0.05) is 19.0 Å². The summed E-state index contributed by atoms with van der Waals surface area (Å²) in [5.74, 6) is 2.03. The van der Waals surface area contributed by atoms with Crippen LogP contribution < -0.4 is 0 Å². The van der Waals surface area contributed by atoms with Crippen molar-refractivity contribution in [3.63, 3.8) is 0 Å². The average molecular weight is 348 g/mol. The Morgan fingerprint density at radius 1 is 1.50 bits per heavy atom. The number of hydrogen-bond donors (Lipinski definition) is 0. The van der Waals surface area contributed by atoms with Crippen LogP contribution in [-0.2, 0) is 11.2 Å². The van der Waals surface area contributed by atoms with Crippen LogP contribution in [0.25, 0.3) is 0 Å². The van der Waals surface area contributed by atoms with Crippen LogP contribution >= 0.6 is 11.3 Å². The second-order valence-electron chi connectivity index (χ2n) is 6.69. The molecule has 0 N–H and O–H groups in total. The van der Waals surface area contributed by atoms with Gasteiger partial charge in [-0.15, -0.1) is 11.3 Å². The van der Waals surface area contributed by atoms with E-state index in [0.29, 0.717) is 30.5 Å². The van der Waals surface area contributed by atoms with E-state index < -0.39 is 0 Å². The average Bonchev–Trinajstić information content (AvgIpc) is 3.22. The van der Waals surface area contributed by atoms with Crippen molar-refractivity contribution in [2.45, 2.75) is 58.3 Å². The minimum Gasteiger partial charge on any atom is -0.342 e. The number of piperidine rings is 1. The van der Waals surface area contributed by atoms with E-state index in [4.69, 9.17) is 4.52 Å². The fraction of sp³-hybridized carbons (Fsp3) is 0.647. The maximum atomic E-state index is 12.5. The third-order valence-corrected chi connectivity index (χ3v) is 5.39. The topological polar surface area (TPSA) is 72.1 Å². The molecular weight excluding hydrogens is 324 g/mol. The zero-order valence-corrected chi connectivity index (χ0v) is 15.3. The molecule has 1 aliphatic rings. The Kier molecular flexibility index (Phi) is 5.28. The highest BCUT2D eigenvalue weighted by molar-refractivity contribution is 7.11. The molecule has 0 aliphatic carbocycles. The summed E-state index contributed by atoms with van der Waals surface area (Å²) in [7, 11) is 0. The highest BCUT2D eigenvalue weighted by Gasteiger charge is 2.26. The van der Waals surface area contributed by atoms with Crippen molar-refractivity contribution in [3.05, 3.63) is 27.8 Å². The zero-order chi connectivity index (χ0) is 17.1. The molecule has 0 spiro atoms. The molecule has 0 radical (unpaired) electrons. The first kappa shape index (κ1) is 17.1. The van der Waals surface area contributed by atoms with Crippen LogP contribution in [0.1, 0.15) is 66.5 Å². The number of thiazole rings is 1. The molecule has 6 nitrogen and oxygen atoms in total. The van der Waals surface area contributed by atoms with Crippen LogP contribution in [0.2, 0.25) is 0 Å². The maximum absolute atomic E-state index is 12.5. The van der Waals surface area contributed by atoms with Crippen molar-refractivity contribution in [1.29, 1.82) is 0 Å². The number of amides is 1. The number of aromatic nitrogens is 3. The van der Waals surface area contributed by atoms with Crippen LogP contribution in [0.15, 0.2) is 10.7 Å². The first-order valence-electron chi connectivity index (χ1n) is 8.55. The normalized spacial score (nSPS) is 18.3. The minimum absolute atomic E-state index is 0.164. The Morgan fingerprint density at radius 3 is 3.00 bits per heavy atom. The summed E-state index contributed by atoms with van der Waals surface area (Å²) in [6.07, 6.45) is 4.99. The summed E-state index contributed by atoms with van der Waals surface area (Å²) in [6, 6.07) is 0. The molecule has 0 unspecified atom stereocenters. The molecule has 1 aliphatic heterocycles. The van der Waals surface area contributed by atoms with Gasteiger partial charge >= 0.3 is 0 Å². The maximum Gasteiger partial charge on any atom is 0.227 e. The fourth-order valence-electron chi connectivity index (χ4n) is 2.94. The molecule has 2 aromatic rings. The third kappa shape index (κ3) is 4.01. The molecule has 3 rings (SSSR count). The number of aryl methyl sites for hydroxylation is 2. The summed E-state index contributed by atoms with van der Waals surface area (Å²) in [4.78, 5) is 24.5. The Balaban J connectivity index is 1.54. The monoisotopic (exact) mass is 348 g/mol. The van der Waals surface area contributed by atoms with Gasteiger partial charge in [0.15, 0.2) is 5.82 Å². The van der Waals surface area contributed by atoms with E-state index in [1.165, 1.54) is 4.88 Å². The molecule has 24 heavy (non-hydrogen) atoms.